The van der Waals surface area contributed by atoms with Crippen molar-refractivity contribution in [3.63, 3.8) is 0 Å². The molecule has 3 N–H and O–H groups in total. The lowest BCUT2D eigenvalue weighted by molar-refractivity contribution is 0.328. The first kappa shape index (κ1) is 19.8. The average Bonchev–Trinajstić information content (AvgIpc) is 2.77. The normalized spacial score (nSPS) is 19.7. The lowest BCUT2D eigenvalue weighted by Gasteiger charge is -2.31. The fourth-order valence-electron chi connectivity index (χ4n) is 4.04. The van der Waals surface area contributed by atoms with E-state index >= 15 is 0 Å². The van der Waals surface area contributed by atoms with E-state index in [2.05, 4.69) is 5.43 Å². The molecular weight excluding hydrogens is 384 g/mol. The van der Waals surface area contributed by atoms with Crippen LogP contribution in [0.4, 0.5) is 0 Å². The number of nitrogens with one attached hydrogen (secondary N) is 1. The van der Waals surface area contributed by atoms with Crippen LogP contribution >= 0.6 is 11.6 Å². The van der Waals surface area contributed by atoms with Gasteiger partial charge in [0.25, 0.3) is 0 Å². The first-order valence-electron chi connectivity index (χ1n) is 9.93. The van der Waals surface area contributed by atoms with Crippen molar-refractivity contribution in [2.75, 3.05) is 7.11 Å². The van der Waals surface area contributed by atoms with Crippen LogP contribution in [0.1, 0.15) is 48.7 Å². The van der Waals surface area contributed by atoms with Crippen LogP contribution in [-0.4, -0.2) is 23.1 Å². The van der Waals surface area contributed by atoms with Crippen molar-refractivity contribution in [1.29, 1.82) is 0 Å². The Kier molecular flexibility index (Phi) is 6.09. The van der Waals surface area contributed by atoms with Crippen molar-refractivity contribution in [3.8, 4) is 5.75 Å². The highest BCUT2D eigenvalue weighted by atomic mass is 35.5. The van der Waals surface area contributed by atoms with Crippen molar-refractivity contribution < 1.29 is 4.74 Å². The predicted octanol–water partition coefficient (Wildman–Crippen LogP) is 4.95. The molecule has 1 fully saturated rings. The fourth-order valence-corrected chi connectivity index (χ4v) is 4.16. The molecule has 29 heavy (non-hydrogen) atoms. The zero-order valence-electron chi connectivity index (χ0n) is 16.4. The molecule has 0 radical (unpaired) electrons. The molecule has 0 spiro atoms. The van der Waals surface area contributed by atoms with Crippen LogP contribution < -0.4 is 16.0 Å². The topological polar surface area (TPSA) is 73.1 Å². The van der Waals surface area contributed by atoms with Crippen LogP contribution in [0.3, 0.4) is 0 Å². The third-order valence-corrected chi connectivity index (χ3v) is 5.83. The van der Waals surface area contributed by atoms with E-state index < -0.39 is 0 Å². The molecule has 5 nitrogen and oxygen atoms in total. The number of hydrazine groups is 1. The van der Waals surface area contributed by atoms with E-state index in [0.29, 0.717) is 5.82 Å². The summed E-state index contributed by atoms with van der Waals surface area (Å²) >= 11 is 5.98. The second-order valence-corrected chi connectivity index (χ2v) is 7.84. The van der Waals surface area contributed by atoms with Crippen LogP contribution in [-0.2, 0) is 0 Å². The first-order valence-corrected chi connectivity index (χ1v) is 10.3. The highest BCUT2D eigenvalue weighted by molar-refractivity contribution is 6.30. The molecule has 0 aliphatic heterocycles. The quantitative estimate of drug-likeness (QED) is 0.461. The second-order valence-electron chi connectivity index (χ2n) is 7.40. The van der Waals surface area contributed by atoms with E-state index in [1.54, 1.807) is 7.11 Å². The summed E-state index contributed by atoms with van der Waals surface area (Å²) in [5.74, 6) is 7.61. The number of benzene rings is 2. The minimum Gasteiger partial charge on any atom is -0.497 e. The number of nitrogens with two attached hydrogens (primary N) is 1. The molecule has 2 atom stereocenters. The highest BCUT2D eigenvalue weighted by Crippen LogP contribution is 2.36. The molecule has 1 saturated carbocycles. The number of hydrogen-bond acceptors (Lipinski definition) is 5. The Hall–Kier alpha value is -2.47. The van der Waals surface area contributed by atoms with E-state index in [1.165, 1.54) is 12.8 Å². The Morgan fingerprint density at radius 1 is 1.07 bits per heavy atom. The van der Waals surface area contributed by atoms with E-state index in [4.69, 9.17) is 32.1 Å². The minimum atomic E-state index is 0.209. The number of halogens is 1. The first-order chi connectivity index (χ1) is 14.2. The molecule has 2 unspecified atom stereocenters. The van der Waals surface area contributed by atoms with Crippen LogP contribution in [0.2, 0.25) is 5.02 Å². The lowest BCUT2D eigenvalue weighted by Crippen LogP contribution is -2.41. The number of rotatable bonds is 5. The van der Waals surface area contributed by atoms with Crippen LogP contribution in [0.15, 0.2) is 42.5 Å². The van der Waals surface area contributed by atoms with Gasteiger partial charge in [0.05, 0.1) is 18.3 Å². The molecule has 2 aromatic carbocycles. The zero-order valence-corrected chi connectivity index (χ0v) is 17.2. The molecule has 1 aliphatic carbocycles. The summed E-state index contributed by atoms with van der Waals surface area (Å²) in [7, 11) is 1.68. The van der Waals surface area contributed by atoms with Crippen molar-refractivity contribution in [2.45, 2.75) is 37.6 Å². The number of ether oxygens (including phenoxy) is 1. The largest absolute Gasteiger partial charge is 0.497 e. The van der Waals surface area contributed by atoms with Crippen molar-refractivity contribution >= 4 is 34.7 Å². The van der Waals surface area contributed by atoms with E-state index in [1.807, 2.05) is 54.6 Å². The molecule has 4 rings (SSSR count). The van der Waals surface area contributed by atoms with Crippen molar-refractivity contribution in [2.24, 2.45) is 5.84 Å². The van der Waals surface area contributed by atoms with Gasteiger partial charge in [-0.05, 0) is 54.8 Å². The van der Waals surface area contributed by atoms with Gasteiger partial charge in [0.1, 0.15) is 5.75 Å². The molecule has 0 bridgehead atoms. The zero-order chi connectivity index (χ0) is 20.2. The Bertz CT molecular complexity index is 1020. The Morgan fingerprint density at radius 3 is 2.62 bits per heavy atom. The Labute approximate surface area is 175 Å². The minimum absolute atomic E-state index is 0.209. The summed E-state index contributed by atoms with van der Waals surface area (Å²) < 4.78 is 5.44. The summed E-state index contributed by atoms with van der Waals surface area (Å²) in [5.41, 5.74) is 6.00. The molecule has 1 aromatic heterocycles. The molecule has 0 amide bonds. The van der Waals surface area contributed by atoms with Gasteiger partial charge in [-0.25, -0.2) is 9.97 Å². The van der Waals surface area contributed by atoms with Gasteiger partial charge < -0.3 is 4.74 Å². The maximum atomic E-state index is 5.98. The summed E-state index contributed by atoms with van der Waals surface area (Å²) in [6, 6.07) is 13.9. The number of fused-ring (bicyclic) bond motifs is 1. The smallest absolute Gasteiger partial charge is 0.152 e. The van der Waals surface area contributed by atoms with Gasteiger partial charge in [0, 0.05) is 22.4 Å². The summed E-state index contributed by atoms with van der Waals surface area (Å²) in [4.78, 5) is 9.71. The third kappa shape index (κ3) is 4.42. The van der Waals surface area contributed by atoms with Crippen LogP contribution in [0, 0.1) is 0 Å². The van der Waals surface area contributed by atoms with E-state index in [-0.39, 0.29) is 12.0 Å². The summed E-state index contributed by atoms with van der Waals surface area (Å²) in [6.07, 6.45) is 8.41. The Balaban J connectivity index is 1.79. The van der Waals surface area contributed by atoms with Gasteiger partial charge in [-0.1, -0.05) is 42.7 Å². The maximum absolute atomic E-state index is 5.98. The predicted molar refractivity (Wildman–Crippen MR) is 119 cm³/mol. The molecule has 6 heteroatoms. The van der Waals surface area contributed by atoms with Gasteiger partial charge in [0.15, 0.2) is 5.82 Å². The van der Waals surface area contributed by atoms with Crippen LogP contribution in [0.25, 0.3) is 23.1 Å². The number of methoxy groups -OCH3 is 1. The molecule has 1 heterocycles. The van der Waals surface area contributed by atoms with E-state index in [0.717, 1.165) is 45.8 Å². The van der Waals surface area contributed by atoms with Crippen LogP contribution in [0.5, 0.6) is 5.75 Å². The van der Waals surface area contributed by atoms with Gasteiger partial charge in [0.2, 0.25) is 0 Å². The number of aromatic nitrogens is 2. The molecule has 3 aromatic rings. The number of hydrogen-bond donors (Lipinski definition) is 2. The molecule has 0 saturated heterocycles. The third-order valence-electron chi connectivity index (χ3n) is 5.58. The molecular formula is C23H25ClN4O. The van der Waals surface area contributed by atoms with Gasteiger partial charge in [-0.3, -0.25) is 11.3 Å². The highest BCUT2D eigenvalue weighted by Gasteiger charge is 2.28. The average molecular weight is 409 g/mol. The van der Waals surface area contributed by atoms with E-state index in [9.17, 15) is 0 Å². The lowest BCUT2D eigenvalue weighted by atomic mass is 9.81. The van der Waals surface area contributed by atoms with Gasteiger partial charge >= 0.3 is 0 Å². The van der Waals surface area contributed by atoms with Crippen molar-refractivity contribution in [1.82, 2.24) is 15.4 Å². The monoisotopic (exact) mass is 408 g/mol. The second kappa shape index (κ2) is 8.91. The van der Waals surface area contributed by atoms with Gasteiger partial charge in [-0.2, -0.15) is 0 Å². The maximum Gasteiger partial charge on any atom is 0.152 e. The van der Waals surface area contributed by atoms with Crippen molar-refractivity contribution in [3.05, 3.63) is 64.6 Å². The number of nitrogens with zero attached hydrogens (tertiary/aromatic N) is 2. The Morgan fingerprint density at radius 2 is 1.86 bits per heavy atom. The van der Waals surface area contributed by atoms with Gasteiger partial charge in [-0.15, -0.1) is 0 Å². The fraction of sp³-hybridized carbons (Fsp3) is 0.304. The molecule has 1 aliphatic rings. The standard InChI is InChI=1S/C23H25ClN4O/c1-29-17-11-12-20-19(14-17)23(18-4-2-3-5-21(18)28-25)27-22(26-20)13-8-15-6-9-16(24)10-7-15/h6-14,18,21,28H,2-5,25H2,1H3. The SMILES string of the molecule is COc1ccc2nc(C=Cc3ccc(Cl)cc3)nc(C3CCCCC3NN)c2c1. The molecule has 150 valence electrons. The summed E-state index contributed by atoms with van der Waals surface area (Å²) in [6.45, 7) is 0. The summed E-state index contributed by atoms with van der Waals surface area (Å²) in [5, 5.41) is 1.75.